The summed E-state index contributed by atoms with van der Waals surface area (Å²) in [5, 5.41) is -0.0734. The second-order valence-corrected chi connectivity index (χ2v) is 10.2. The van der Waals surface area contributed by atoms with Crippen molar-refractivity contribution in [2.24, 2.45) is 0 Å². The molecule has 0 unspecified atom stereocenters. The summed E-state index contributed by atoms with van der Waals surface area (Å²) >= 11 is 0. The lowest BCUT2D eigenvalue weighted by molar-refractivity contribution is 0.252. The Morgan fingerprint density at radius 1 is 1.00 bits per heavy atom. The van der Waals surface area contributed by atoms with E-state index in [9.17, 15) is 12.8 Å². The molecule has 3 rings (SSSR count). The molecule has 1 aromatic heterocycles. The second kappa shape index (κ2) is 9.82. The van der Waals surface area contributed by atoms with Gasteiger partial charge in [0, 0.05) is 26.2 Å². The van der Waals surface area contributed by atoms with E-state index in [0.717, 1.165) is 77.7 Å². The number of hydrogen-bond acceptors (Lipinski definition) is 5. The molecule has 0 N–H and O–H groups in total. The van der Waals surface area contributed by atoms with Crippen molar-refractivity contribution in [3.05, 3.63) is 24.1 Å². The molecule has 0 amide bonds. The van der Waals surface area contributed by atoms with Crippen LogP contribution in [0.15, 0.2) is 18.2 Å². The van der Waals surface area contributed by atoms with E-state index in [0.29, 0.717) is 11.6 Å². The molecule has 2 fully saturated rings. The fourth-order valence-electron chi connectivity index (χ4n) is 4.18. The van der Waals surface area contributed by atoms with Crippen LogP contribution >= 0.6 is 0 Å². The molecule has 1 saturated heterocycles. The normalized spacial score (nSPS) is 20.1. The minimum atomic E-state index is -2.89. The van der Waals surface area contributed by atoms with Crippen LogP contribution < -0.4 is 4.90 Å². The van der Waals surface area contributed by atoms with Gasteiger partial charge in [-0.3, -0.25) is 4.90 Å². The van der Waals surface area contributed by atoms with Crippen molar-refractivity contribution >= 4 is 15.7 Å². The standard InChI is InChI=1S/C20H32FN3O2S/c21-19-10-7-11-20(22-19)24-15-13-23(14-16-24)12-5-2-6-17-27(25,26)18-8-3-1-4-9-18/h7,10-11,18H,1-6,8-9,12-17H2. The highest BCUT2D eigenvalue weighted by molar-refractivity contribution is 7.92. The highest BCUT2D eigenvalue weighted by atomic mass is 32.2. The second-order valence-electron chi connectivity index (χ2n) is 7.83. The predicted octanol–water partition coefficient (Wildman–Crippen LogP) is 3.26. The molecule has 152 valence electrons. The Kier molecular flexibility index (Phi) is 7.47. The molecule has 2 heterocycles. The van der Waals surface area contributed by atoms with E-state index in [2.05, 4.69) is 14.8 Å². The van der Waals surface area contributed by atoms with Gasteiger partial charge in [0.05, 0.1) is 11.0 Å². The van der Waals surface area contributed by atoms with Gasteiger partial charge in [-0.25, -0.2) is 13.4 Å². The van der Waals surface area contributed by atoms with Gasteiger partial charge >= 0.3 is 0 Å². The average molecular weight is 398 g/mol. The number of rotatable bonds is 8. The third kappa shape index (κ3) is 6.14. The summed E-state index contributed by atoms with van der Waals surface area (Å²) in [5.41, 5.74) is 0. The summed E-state index contributed by atoms with van der Waals surface area (Å²) in [5.74, 6) is 0.636. The first kappa shape index (κ1) is 20.5. The van der Waals surface area contributed by atoms with Gasteiger partial charge in [0.2, 0.25) is 5.95 Å². The van der Waals surface area contributed by atoms with Crippen LogP contribution in [0.3, 0.4) is 0 Å². The summed E-state index contributed by atoms with van der Waals surface area (Å²) in [7, 11) is -2.89. The van der Waals surface area contributed by atoms with Gasteiger partial charge in [-0.2, -0.15) is 4.39 Å². The number of unbranched alkanes of at least 4 members (excludes halogenated alkanes) is 2. The lowest BCUT2D eigenvalue weighted by Crippen LogP contribution is -2.47. The molecule has 0 atom stereocenters. The van der Waals surface area contributed by atoms with Crippen LogP contribution in [0.4, 0.5) is 10.2 Å². The van der Waals surface area contributed by atoms with Gasteiger partial charge in [-0.15, -0.1) is 0 Å². The number of piperazine rings is 1. The van der Waals surface area contributed by atoms with Crippen molar-refractivity contribution in [3.63, 3.8) is 0 Å². The first-order valence-corrected chi connectivity index (χ1v) is 12.1. The van der Waals surface area contributed by atoms with Gasteiger partial charge in [0.25, 0.3) is 0 Å². The highest BCUT2D eigenvalue weighted by Gasteiger charge is 2.26. The maximum atomic E-state index is 13.2. The predicted molar refractivity (Wildman–Crippen MR) is 107 cm³/mol. The summed E-state index contributed by atoms with van der Waals surface area (Å²) in [6, 6.07) is 4.92. The number of halogens is 1. The number of nitrogens with zero attached hydrogens (tertiary/aromatic N) is 3. The molecule has 1 saturated carbocycles. The zero-order chi connectivity index (χ0) is 19.1. The zero-order valence-corrected chi connectivity index (χ0v) is 17.0. The molecule has 7 heteroatoms. The fraction of sp³-hybridized carbons (Fsp3) is 0.750. The van der Waals surface area contributed by atoms with E-state index in [4.69, 9.17) is 0 Å². The summed E-state index contributed by atoms with van der Waals surface area (Å²) in [6.45, 7) is 4.60. The first-order valence-electron chi connectivity index (χ1n) is 10.4. The molecular formula is C20H32FN3O2S. The SMILES string of the molecule is O=S(=O)(CCCCCN1CCN(c2cccc(F)n2)CC1)C1CCCCC1. The van der Waals surface area contributed by atoms with Crippen molar-refractivity contribution in [3.8, 4) is 0 Å². The van der Waals surface area contributed by atoms with Gasteiger partial charge in [-0.1, -0.05) is 31.7 Å². The zero-order valence-electron chi connectivity index (χ0n) is 16.2. The number of pyridine rings is 1. The van der Waals surface area contributed by atoms with E-state index < -0.39 is 15.8 Å². The number of sulfone groups is 1. The van der Waals surface area contributed by atoms with Crippen molar-refractivity contribution in [2.45, 2.75) is 56.6 Å². The average Bonchev–Trinajstić information content (AvgIpc) is 2.69. The largest absolute Gasteiger partial charge is 0.354 e. The molecule has 1 aliphatic heterocycles. The van der Waals surface area contributed by atoms with Gasteiger partial charge < -0.3 is 4.90 Å². The minimum Gasteiger partial charge on any atom is -0.354 e. The van der Waals surface area contributed by atoms with Crippen LogP contribution in [0, 0.1) is 5.95 Å². The minimum absolute atomic E-state index is 0.0734. The van der Waals surface area contributed by atoms with Crippen LogP contribution in [0.5, 0.6) is 0 Å². The number of anilines is 1. The van der Waals surface area contributed by atoms with E-state index in [1.807, 2.05) is 6.07 Å². The van der Waals surface area contributed by atoms with Crippen LogP contribution in [-0.4, -0.2) is 62.0 Å². The maximum Gasteiger partial charge on any atom is 0.214 e. The lowest BCUT2D eigenvalue weighted by atomic mass is 10.0. The van der Waals surface area contributed by atoms with Crippen molar-refractivity contribution < 1.29 is 12.8 Å². The Morgan fingerprint density at radius 2 is 1.74 bits per heavy atom. The molecule has 1 aliphatic carbocycles. The first-order chi connectivity index (χ1) is 13.0. The van der Waals surface area contributed by atoms with Gasteiger partial charge in [-0.05, 0) is 44.4 Å². The monoisotopic (exact) mass is 397 g/mol. The van der Waals surface area contributed by atoms with Crippen LogP contribution in [0.25, 0.3) is 0 Å². The van der Waals surface area contributed by atoms with E-state index >= 15 is 0 Å². The summed E-state index contributed by atoms with van der Waals surface area (Å²) in [6.07, 6.45) is 7.86. The molecule has 27 heavy (non-hydrogen) atoms. The Bertz CT molecular complexity index is 684. The topological polar surface area (TPSA) is 53.5 Å². The van der Waals surface area contributed by atoms with Crippen LogP contribution in [-0.2, 0) is 9.84 Å². The summed E-state index contributed by atoms with van der Waals surface area (Å²) < 4.78 is 38.0. The Morgan fingerprint density at radius 3 is 2.44 bits per heavy atom. The Hall–Kier alpha value is -1.21. The number of hydrogen-bond donors (Lipinski definition) is 0. The van der Waals surface area contributed by atoms with Crippen molar-refractivity contribution in [2.75, 3.05) is 43.4 Å². The Balaban J connectivity index is 1.30. The molecular weight excluding hydrogens is 365 g/mol. The lowest BCUT2D eigenvalue weighted by Gasteiger charge is -2.35. The van der Waals surface area contributed by atoms with Crippen molar-refractivity contribution in [1.29, 1.82) is 0 Å². The van der Waals surface area contributed by atoms with Gasteiger partial charge in [0.15, 0.2) is 9.84 Å². The fourth-order valence-corrected chi connectivity index (χ4v) is 6.17. The highest BCUT2D eigenvalue weighted by Crippen LogP contribution is 2.25. The molecule has 0 radical (unpaired) electrons. The molecule has 1 aromatic rings. The molecule has 0 bridgehead atoms. The molecule has 0 spiro atoms. The smallest absolute Gasteiger partial charge is 0.214 e. The van der Waals surface area contributed by atoms with E-state index in [1.54, 1.807) is 6.07 Å². The van der Waals surface area contributed by atoms with E-state index in [1.165, 1.54) is 12.5 Å². The molecule has 5 nitrogen and oxygen atoms in total. The van der Waals surface area contributed by atoms with Gasteiger partial charge in [0.1, 0.15) is 5.82 Å². The maximum absolute atomic E-state index is 13.2. The molecule has 2 aliphatic rings. The third-order valence-electron chi connectivity index (χ3n) is 5.86. The van der Waals surface area contributed by atoms with Crippen LogP contribution in [0.2, 0.25) is 0 Å². The summed E-state index contributed by atoms with van der Waals surface area (Å²) in [4.78, 5) is 8.48. The Labute approximate surface area is 162 Å². The quantitative estimate of drug-likeness (QED) is 0.498. The van der Waals surface area contributed by atoms with Crippen LogP contribution in [0.1, 0.15) is 51.4 Å². The molecule has 0 aromatic carbocycles. The third-order valence-corrected chi connectivity index (χ3v) is 8.20. The number of aromatic nitrogens is 1. The van der Waals surface area contributed by atoms with Crippen molar-refractivity contribution in [1.82, 2.24) is 9.88 Å². The van der Waals surface area contributed by atoms with E-state index in [-0.39, 0.29) is 5.25 Å².